The monoisotopic (exact) mass is 333 g/mol. The van der Waals surface area contributed by atoms with Gasteiger partial charge in [0, 0.05) is 13.1 Å². The number of para-hydroxylation sites is 1. The summed E-state index contributed by atoms with van der Waals surface area (Å²) in [7, 11) is 0. The van der Waals surface area contributed by atoms with Crippen LogP contribution in [0.4, 0.5) is 0 Å². The molecule has 5 heteroatoms. The number of amides is 1. The largest absolute Gasteiger partial charge is 0.483 e. The van der Waals surface area contributed by atoms with Crippen LogP contribution in [0.3, 0.4) is 0 Å². The summed E-state index contributed by atoms with van der Waals surface area (Å²) < 4.78 is 5.88. The number of hydrogen-bond acceptors (Lipinski definition) is 3. The molecule has 1 aromatic rings. The van der Waals surface area contributed by atoms with E-state index in [4.69, 9.17) is 9.84 Å². The van der Waals surface area contributed by atoms with E-state index in [0.717, 1.165) is 16.9 Å². The second-order valence-electron chi connectivity index (χ2n) is 7.48. The number of benzene rings is 1. The summed E-state index contributed by atoms with van der Waals surface area (Å²) in [5.74, 6) is -0.410. The van der Waals surface area contributed by atoms with Gasteiger partial charge in [-0.1, -0.05) is 39.0 Å². The van der Waals surface area contributed by atoms with Crippen molar-refractivity contribution < 1.29 is 19.4 Å². The second-order valence-corrected chi connectivity index (χ2v) is 7.48. The van der Waals surface area contributed by atoms with E-state index in [9.17, 15) is 9.59 Å². The first-order valence-electron chi connectivity index (χ1n) is 8.43. The molecule has 0 radical (unpaired) electrons. The van der Waals surface area contributed by atoms with E-state index < -0.39 is 5.97 Å². The number of likely N-dealkylation sites (tertiary alicyclic amines) is 1. The maximum Gasteiger partial charge on any atom is 0.306 e. The third-order valence-electron chi connectivity index (χ3n) is 4.56. The van der Waals surface area contributed by atoms with E-state index in [1.165, 1.54) is 0 Å². The van der Waals surface area contributed by atoms with Crippen LogP contribution < -0.4 is 4.74 Å². The number of nitrogens with zero attached hydrogens (tertiary/aromatic N) is 1. The summed E-state index contributed by atoms with van der Waals surface area (Å²) in [6.07, 6.45) is 1.03. The molecule has 2 rings (SSSR count). The molecule has 0 saturated carbocycles. The fourth-order valence-corrected chi connectivity index (χ4v) is 3.04. The number of ether oxygens (including phenoxy) is 1. The number of aryl methyl sites for hydroxylation is 1. The van der Waals surface area contributed by atoms with Crippen molar-refractivity contribution in [2.24, 2.45) is 5.92 Å². The molecule has 132 valence electrons. The molecule has 0 atom stereocenters. The lowest BCUT2D eigenvalue weighted by Crippen LogP contribution is -2.42. The van der Waals surface area contributed by atoms with Gasteiger partial charge in [-0.15, -0.1) is 0 Å². The summed E-state index contributed by atoms with van der Waals surface area (Å²) in [6, 6.07) is 6.01. The smallest absolute Gasteiger partial charge is 0.306 e. The van der Waals surface area contributed by atoms with Crippen molar-refractivity contribution in [1.82, 2.24) is 4.90 Å². The van der Waals surface area contributed by atoms with Gasteiger partial charge < -0.3 is 14.7 Å². The molecule has 1 saturated heterocycles. The van der Waals surface area contributed by atoms with Crippen molar-refractivity contribution in [2.75, 3.05) is 19.7 Å². The SMILES string of the molecule is Cc1cccc(C(C)(C)C)c1OCC(=O)N1CCC(C(=O)O)CC1. The Morgan fingerprint density at radius 1 is 1.25 bits per heavy atom. The summed E-state index contributed by atoms with van der Waals surface area (Å²) in [5, 5.41) is 9.02. The van der Waals surface area contributed by atoms with Crippen LogP contribution in [0.15, 0.2) is 18.2 Å². The number of carbonyl (C=O) groups excluding carboxylic acids is 1. The molecule has 1 heterocycles. The summed E-state index contributed by atoms with van der Waals surface area (Å²) >= 11 is 0. The van der Waals surface area contributed by atoms with Gasteiger partial charge in [0.1, 0.15) is 5.75 Å². The van der Waals surface area contributed by atoms with Gasteiger partial charge in [-0.05, 0) is 36.3 Å². The van der Waals surface area contributed by atoms with Crippen LogP contribution >= 0.6 is 0 Å². The lowest BCUT2D eigenvalue weighted by atomic mass is 9.85. The standard InChI is InChI=1S/C19H27NO4/c1-13-6-5-7-15(19(2,3)4)17(13)24-12-16(21)20-10-8-14(9-11-20)18(22)23/h5-7,14H,8-12H2,1-4H3,(H,22,23). The minimum atomic E-state index is -0.770. The Hall–Kier alpha value is -2.04. The number of carbonyl (C=O) groups is 2. The number of carboxylic acids is 1. The number of carboxylic acid groups (broad SMARTS) is 1. The molecule has 0 unspecified atom stereocenters. The topological polar surface area (TPSA) is 66.8 Å². The predicted octanol–water partition coefficient (Wildman–Crippen LogP) is 2.99. The van der Waals surface area contributed by atoms with Crippen molar-refractivity contribution in [2.45, 2.75) is 46.0 Å². The van der Waals surface area contributed by atoms with Crippen LogP contribution in [0, 0.1) is 12.8 Å². The van der Waals surface area contributed by atoms with Crippen molar-refractivity contribution in [3.8, 4) is 5.75 Å². The zero-order chi connectivity index (χ0) is 17.9. The van der Waals surface area contributed by atoms with Crippen LogP contribution in [0.5, 0.6) is 5.75 Å². The molecule has 1 N–H and O–H groups in total. The fraction of sp³-hybridized carbons (Fsp3) is 0.579. The normalized spacial score (nSPS) is 16.1. The first kappa shape index (κ1) is 18.3. The molecule has 1 aliphatic rings. The molecule has 0 bridgehead atoms. The molecule has 1 aliphatic heterocycles. The van der Waals surface area contributed by atoms with Crippen molar-refractivity contribution in [1.29, 1.82) is 0 Å². The number of piperidine rings is 1. The zero-order valence-corrected chi connectivity index (χ0v) is 15.0. The number of rotatable bonds is 4. The zero-order valence-electron chi connectivity index (χ0n) is 15.0. The van der Waals surface area contributed by atoms with E-state index in [-0.39, 0.29) is 23.8 Å². The van der Waals surface area contributed by atoms with Crippen LogP contribution in [0.2, 0.25) is 0 Å². The molecule has 24 heavy (non-hydrogen) atoms. The highest BCUT2D eigenvalue weighted by atomic mass is 16.5. The first-order valence-corrected chi connectivity index (χ1v) is 8.43. The summed E-state index contributed by atoms with van der Waals surface area (Å²) in [5.41, 5.74) is 2.03. The fourth-order valence-electron chi connectivity index (χ4n) is 3.04. The van der Waals surface area contributed by atoms with Gasteiger partial charge in [-0.2, -0.15) is 0 Å². The van der Waals surface area contributed by atoms with E-state index in [2.05, 4.69) is 20.8 Å². The highest BCUT2D eigenvalue weighted by molar-refractivity contribution is 5.78. The number of aliphatic carboxylic acids is 1. The van der Waals surface area contributed by atoms with Gasteiger partial charge in [0.25, 0.3) is 5.91 Å². The maximum absolute atomic E-state index is 12.4. The van der Waals surface area contributed by atoms with E-state index in [1.54, 1.807) is 4.90 Å². The summed E-state index contributed by atoms with van der Waals surface area (Å²) in [4.78, 5) is 25.1. The van der Waals surface area contributed by atoms with Gasteiger partial charge in [-0.3, -0.25) is 9.59 Å². The number of hydrogen-bond donors (Lipinski definition) is 1. The maximum atomic E-state index is 12.4. The molecule has 0 spiro atoms. The molecule has 1 amide bonds. The highest BCUT2D eigenvalue weighted by Gasteiger charge is 2.27. The highest BCUT2D eigenvalue weighted by Crippen LogP contribution is 2.33. The molecule has 0 aromatic heterocycles. The minimum absolute atomic E-state index is 0.00826. The third kappa shape index (κ3) is 4.28. The van der Waals surface area contributed by atoms with Crippen LogP contribution in [-0.2, 0) is 15.0 Å². The van der Waals surface area contributed by atoms with E-state index in [0.29, 0.717) is 25.9 Å². The quantitative estimate of drug-likeness (QED) is 0.920. The van der Waals surface area contributed by atoms with E-state index in [1.807, 2.05) is 25.1 Å². The van der Waals surface area contributed by atoms with Crippen LogP contribution in [-0.4, -0.2) is 41.6 Å². The molecule has 1 fully saturated rings. The van der Waals surface area contributed by atoms with Gasteiger partial charge in [0.05, 0.1) is 5.92 Å². The molecule has 1 aromatic carbocycles. The molecule has 0 aliphatic carbocycles. The predicted molar refractivity (Wildman–Crippen MR) is 92.3 cm³/mol. The Bertz CT molecular complexity index is 610. The Labute approximate surface area is 143 Å². The molecular formula is C19H27NO4. The summed E-state index contributed by atoms with van der Waals surface area (Å²) in [6.45, 7) is 9.30. The van der Waals surface area contributed by atoms with Gasteiger partial charge in [-0.25, -0.2) is 0 Å². The Balaban J connectivity index is 1.99. The second kappa shape index (κ2) is 7.24. The average Bonchev–Trinajstić information content (AvgIpc) is 2.52. The average molecular weight is 333 g/mol. The van der Waals surface area contributed by atoms with E-state index >= 15 is 0 Å². The Morgan fingerprint density at radius 2 is 1.88 bits per heavy atom. The van der Waals surface area contributed by atoms with Gasteiger partial charge >= 0.3 is 5.97 Å². The van der Waals surface area contributed by atoms with Gasteiger partial charge in [0.2, 0.25) is 0 Å². The van der Waals surface area contributed by atoms with Crippen LogP contribution in [0.1, 0.15) is 44.7 Å². The lowest BCUT2D eigenvalue weighted by Gasteiger charge is -2.30. The lowest BCUT2D eigenvalue weighted by molar-refractivity contribution is -0.146. The van der Waals surface area contributed by atoms with Gasteiger partial charge in [0.15, 0.2) is 6.61 Å². The van der Waals surface area contributed by atoms with Crippen molar-refractivity contribution in [3.05, 3.63) is 29.3 Å². The van der Waals surface area contributed by atoms with Crippen molar-refractivity contribution >= 4 is 11.9 Å². The molecule has 5 nitrogen and oxygen atoms in total. The first-order chi connectivity index (χ1) is 11.2. The minimum Gasteiger partial charge on any atom is -0.483 e. The third-order valence-corrected chi connectivity index (χ3v) is 4.56. The van der Waals surface area contributed by atoms with Crippen molar-refractivity contribution in [3.63, 3.8) is 0 Å². The molecular weight excluding hydrogens is 306 g/mol. The Kier molecular flexibility index (Phi) is 5.52. The van der Waals surface area contributed by atoms with Crippen LogP contribution in [0.25, 0.3) is 0 Å². The Morgan fingerprint density at radius 3 is 2.42 bits per heavy atom.